The molecule has 1 aliphatic rings. The lowest BCUT2D eigenvalue weighted by atomic mass is 9.89. The molecule has 0 amide bonds. The molecule has 1 aromatic rings. The van der Waals surface area contributed by atoms with Crippen LogP contribution >= 0.6 is 11.3 Å². The van der Waals surface area contributed by atoms with Crippen molar-refractivity contribution in [3.05, 3.63) is 22.9 Å². The molecule has 1 fully saturated rings. The van der Waals surface area contributed by atoms with Gasteiger partial charge in [0.05, 0.1) is 6.61 Å². The van der Waals surface area contributed by atoms with Crippen molar-refractivity contribution in [1.29, 1.82) is 0 Å². The highest BCUT2D eigenvalue weighted by molar-refractivity contribution is 7.07. The van der Waals surface area contributed by atoms with E-state index in [4.69, 9.17) is 5.11 Å². The van der Waals surface area contributed by atoms with Gasteiger partial charge in [-0.25, -0.2) is 0 Å². The molecule has 3 heteroatoms. The Bertz CT molecular complexity index is 227. The Kier molecular flexibility index (Phi) is 10.4. The van der Waals surface area contributed by atoms with Crippen LogP contribution in [0.5, 0.6) is 0 Å². The fourth-order valence-electron chi connectivity index (χ4n) is 1.47. The number of ketones is 1. The quantitative estimate of drug-likeness (QED) is 0.818. The first-order valence-corrected chi connectivity index (χ1v) is 6.89. The third-order valence-electron chi connectivity index (χ3n) is 2.33. The smallest absolute Gasteiger partial charge is 0.138 e. The van der Waals surface area contributed by atoms with Crippen molar-refractivity contribution >= 4 is 17.1 Å². The molecular weight excluding hydrogens is 220 g/mol. The fourth-order valence-corrected chi connectivity index (χ4v) is 1.93. The van der Waals surface area contributed by atoms with E-state index in [1.165, 1.54) is 0 Å². The third kappa shape index (κ3) is 6.75. The van der Waals surface area contributed by atoms with Crippen LogP contribution in [0.3, 0.4) is 0 Å². The maximum absolute atomic E-state index is 10.9. The van der Waals surface area contributed by atoms with Gasteiger partial charge in [0.1, 0.15) is 5.78 Å². The largest absolute Gasteiger partial charge is 0.396 e. The summed E-state index contributed by atoms with van der Waals surface area (Å²) < 4.78 is 0. The highest BCUT2D eigenvalue weighted by atomic mass is 32.1. The van der Waals surface area contributed by atoms with Gasteiger partial charge < -0.3 is 5.11 Å². The van der Waals surface area contributed by atoms with Crippen molar-refractivity contribution in [3.8, 4) is 0 Å². The Balaban J connectivity index is 0.000000272. The standard InChI is InChI=1S/C7H12O2.C4H4S.C2H6/c8-5-6-3-1-2-4-7(6)9;1-2-4-5-3-1;1-2/h6,8H,1-5H2;1-4H;1-2H3. The monoisotopic (exact) mass is 242 g/mol. The minimum Gasteiger partial charge on any atom is -0.396 e. The average molecular weight is 242 g/mol. The molecule has 0 saturated heterocycles. The van der Waals surface area contributed by atoms with E-state index >= 15 is 0 Å². The van der Waals surface area contributed by atoms with Gasteiger partial charge in [0.15, 0.2) is 0 Å². The number of aliphatic hydroxyl groups is 1. The van der Waals surface area contributed by atoms with E-state index in [2.05, 4.69) is 0 Å². The Morgan fingerprint density at radius 2 is 1.94 bits per heavy atom. The molecule has 0 radical (unpaired) electrons. The second kappa shape index (κ2) is 10.8. The molecule has 1 aliphatic carbocycles. The number of carbonyl (C=O) groups excluding carboxylic acids is 1. The minimum atomic E-state index is -0.0289. The normalized spacial score (nSPS) is 18.9. The van der Waals surface area contributed by atoms with E-state index < -0.39 is 0 Å². The Labute approximate surface area is 102 Å². The number of carbonyl (C=O) groups is 1. The first-order chi connectivity index (χ1) is 7.84. The second-order valence-electron chi connectivity index (χ2n) is 3.38. The van der Waals surface area contributed by atoms with Crippen molar-refractivity contribution in [2.24, 2.45) is 5.92 Å². The molecule has 2 nitrogen and oxygen atoms in total. The van der Waals surface area contributed by atoms with Crippen LogP contribution in [0.1, 0.15) is 39.5 Å². The van der Waals surface area contributed by atoms with Gasteiger partial charge in [-0.1, -0.05) is 32.4 Å². The van der Waals surface area contributed by atoms with E-state index in [-0.39, 0.29) is 18.3 Å². The van der Waals surface area contributed by atoms with Crippen LogP contribution in [0.4, 0.5) is 0 Å². The summed E-state index contributed by atoms with van der Waals surface area (Å²) in [6, 6.07) is 4.04. The summed E-state index contributed by atoms with van der Waals surface area (Å²) in [7, 11) is 0. The predicted molar refractivity (Wildman–Crippen MR) is 69.7 cm³/mol. The molecule has 0 aliphatic heterocycles. The summed E-state index contributed by atoms with van der Waals surface area (Å²) in [5.41, 5.74) is 0. The maximum atomic E-state index is 10.9. The van der Waals surface area contributed by atoms with Crippen LogP contribution in [0, 0.1) is 5.92 Å². The fraction of sp³-hybridized carbons (Fsp3) is 0.615. The number of Topliss-reactive ketones (excluding diaryl/α,β-unsaturated/α-hetero) is 1. The van der Waals surface area contributed by atoms with Gasteiger partial charge in [0.2, 0.25) is 0 Å². The van der Waals surface area contributed by atoms with Crippen LogP contribution in [0.2, 0.25) is 0 Å². The summed E-state index contributed by atoms with van der Waals surface area (Å²) in [6.45, 7) is 4.05. The van der Waals surface area contributed by atoms with Crippen LogP contribution in [0.15, 0.2) is 22.9 Å². The van der Waals surface area contributed by atoms with Gasteiger partial charge in [-0.2, -0.15) is 11.3 Å². The predicted octanol–water partition coefficient (Wildman–Crippen LogP) is 3.51. The van der Waals surface area contributed by atoms with E-state index in [1.807, 2.05) is 36.7 Å². The summed E-state index contributed by atoms with van der Waals surface area (Å²) in [4.78, 5) is 10.9. The van der Waals surface area contributed by atoms with Gasteiger partial charge in [-0.15, -0.1) is 0 Å². The van der Waals surface area contributed by atoms with E-state index in [1.54, 1.807) is 11.3 Å². The summed E-state index contributed by atoms with van der Waals surface area (Å²) >= 11 is 1.71. The van der Waals surface area contributed by atoms with Gasteiger partial charge in [0.25, 0.3) is 0 Å². The molecular formula is C13H22O2S. The molecule has 0 spiro atoms. The lowest BCUT2D eigenvalue weighted by Gasteiger charge is -2.17. The van der Waals surface area contributed by atoms with Crippen molar-refractivity contribution in [2.45, 2.75) is 39.5 Å². The van der Waals surface area contributed by atoms with E-state index in [0.29, 0.717) is 6.42 Å². The molecule has 2 rings (SSSR count). The number of aliphatic hydroxyl groups excluding tert-OH is 1. The molecule has 1 N–H and O–H groups in total. The van der Waals surface area contributed by atoms with Crippen LogP contribution in [-0.4, -0.2) is 17.5 Å². The van der Waals surface area contributed by atoms with Gasteiger partial charge in [-0.05, 0) is 23.6 Å². The zero-order valence-electron chi connectivity index (χ0n) is 10.2. The Morgan fingerprint density at radius 1 is 1.31 bits per heavy atom. The van der Waals surface area contributed by atoms with E-state index in [0.717, 1.165) is 19.3 Å². The molecule has 1 atom stereocenters. The van der Waals surface area contributed by atoms with Crippen molar-refractivity contribution < 1.29 is 9.90 Å². The summed E-state index contributed by atoms with van der Waals surface area (Å²) in [5, 5.41) is 12.7. The lowest BCUT2D eigenvalue weighted by Crippen LogP contribution is -2.21. The summed E-state index contributed by atoms with van der Waals surface area (Å²) in [6.07, 6.45) is 3.72. The molecule has 0 bridgehead atoms. The first-order valence-electron chi connectivity index (χ1n) is 5.95. The minimum absolute atomic E-state index is 0.0289. The number of hydrogen-bond acceptors (Lipinski definition) is 3. The van der Waals surface area contributed by atoms with Gasteiger partial charge in [0, 0.05) is 12.3 Å². The lowest BCUT2D eigenvalue weighted by molar-refractivity contribution is -0.125. The highest BCUT2D eigenvalue weighted by Crippen LogP contribution is 2.19. The molecule has 16 heavy (non-hydrogen) atoms. The molecule has 0 aromatic carbocycles. The van der Waals surface area contributed by atoms with Crippen LogP contribution in [-0.2, 0) is 4.79 Å². The number of rotatable bonds is 1. The van der Waals surface area contributed by atoms with Crippen molar-refractivity contribution in [3.63, 3.8) is 0 Å². The van der Waals surface area contributed by atoms with Gasteiger partial charge >= 0.3 is 0 Å². The molecule has 1 unspecified atom stereocenters. The van der Waals surface area contributed by atoms with Crippen LogP contribution in [0.25, 0.3) is 0 Å². The van der Waals surface area contributed by atoms with E-state index in [9.17, 15) is 4.79 Å². The Hall–Kier alpha value is -0.670. The van der Waals surface area contributed by atoms with Gasteiger partial charge in [-0.3, -0.25) is 4.79 Å². The first kappa shape index (κ1) is 15.3. The zero-order chi connectivity index (χ0) is 12.2. The number of hydrogen-bond donors (Lipinski definition) is 1. The highest BCUT2D eigenvalue weighted by Gasteiger charge is 2.20. The third-order valence-corrected chi connectivity index (χ3v) is 2.96. The molecule has 1 saturated carbocycles. The molecule has 92 valence electrons. The number of thiophene rings is 1. The molecule has 1 heterocycles. The zero-order valence-corrected chi connectivity index (χ0v) is 11.0. The second-order valence-corrected chi connectivity index (χ2v) is 4.20. The van der Waals surface area contributed by atoms with Crippen LogP contribution < -0.4 is 0 Å². The topological polar surface area (TPSA) is 37.3 Å². The van der Waals surface area contributed by atoms with Crippen molar-refractivity contribution in [2.75, 3.05) is 6.61 Å². The van der Waals surface area contributed by atoms with Crippen molar-refractivity contribution in [1.82, 2.24) is 0 Å². The SMILES string of the molecule is CC.O=C1CCCCC1CO.c1ccsc1. The Morgan fingerprint density at radius 3 is 2.25 bits per heavy atom. The summed E-state index contributed by atoms with van der Waals surface area (Å²) in [5.74, 6) is 0.225. The maximum Gasteiger partial charge on any atom is 0.138 e. The average Bonchev–Trinajstić information content (AvgIpc) is 2.91. The molecule has 1 aromatic heterocycles.